The summed E-state index contributed by atoms with van der Waals surface area (Å²) in [6.07, 6.45) is 1.83. The molecular weight excluding hydrogens is 194 g/mol. The highest BCUT2D eigenvalue weighted by Crippen LogP contribution is 2.20. The zero-order chi connectivity index (χ0) is 9.97. The molecule has 14 heavy (non-hydrogen) atoms. The second-order valence-corrected chi connectivity index (χ2v) is 3.70. The number of nitrogens with zero attached hydrogens (tertiary/aromatic N) is 1. The lowest BCUT2D eigenvalue weighted by atomic mass is 10.1. The molecule has 2 rings (SSSR count). The predicted octanol–water partition coefficient (Wildman–Crippen LogP) is 3.01. The number of hydrogen-bond donors (Lipinski definition) is 0. The van der Waals surface area contributed by atoms with Gasteiger partial charge in [0, 0.05) is 22.7 Å². The Balaban J connectivity index is 2.36. The third-order valence-corrected chi connectivity index (χ3v) is 2.64. The monoisotopic (exact) mass is 203 g/mol. The highest BCUT2D eigenvalue weighted by molar-refractivity contribution is 7.03. The summed E-state index contributed by atoms with van der Waals surface area (Å²) in [6, 6.07) is 7.57. The van der Waals surface area contributed by atoms with Gasteiger partial charge in [0.05, 0.1) is 0 Å². The van der Waals surface area contributed by atoms with Crippen LogP contribution in [0.1, 0.15) is 17.3 Å². The molecule has 0 amide bonds. The van der Waals surface area contributed by atoms with E-state index in [-0.39, 0.29) is 5.78 Å². The van der Waals surface area contributed by atoms with E-state index < -0.39 is 0 Å². The summed E-state index contributed by atoms with van der Waals surface area (Å²) in [5.41, 5.74) is 2.95. The highest BCUT2D eigenvalue weighted by Gasteiger charge is 2.01. The van der Waals surface area contributed by atoms with Gasteiger partial charge in [-0.15, -0.1) is 0 Å². The van der Waals surface area contributed by atoms with Gasteiger partial charge in [0.2, 0.25) is 0 Å². The summed E-state index contributed by atoms with van der Waals surface area (Å²) >= 11 is 1.43. The van der Waals surface area contributed by atoms with Gasteiger partial charge in [-0.05, 0) is 24.0 Å². The van der Waals surface area contributed by atoms with Gasteiger partial charge in [0.15, 0.2) is 5.78 Å². The van der Waals surface area contributed by atoms with Crippen LogP contribution in [0.2, 0.25) is 0 Å². The molecule has 0 aliphatic heterocycles. The molecule has 1 aromatic carbocycles. The molecule has 0 spiro atoms. The Hall–Kier alpha value is -1.48. The number of carbonyl (C=O) groups is 1. The topological polar surface area (TPSA) is 30.0 Å². The van der Waals surface area contributed by atoms with Crippen LogP contribution in [0.3, 0.4) is 0 Å². The normalized spacial score (nSPS) is 10.1. The first kappa shape index (κ1) is 9.09. The maximum absolute atomic E-state index is 11.0. The standard InChI is InChI=1S/C11H9NOS/c1-8(13)9-2-4-10(5-3-9)11-6-12-14-7-11/h2-7H,1H3. The van der Waals surface area contributed by atoms with Crippen molar-refractivity contribution in [3.8, 4) is 11.1 Å². The Bertz CT molecular complexity index is 431. The molecule has 2 aromatic rings. The second kappa shape index (κ2) is 3.72. The van der Waals surface area contributed by atoms with E-state index in [0.717, 1.165) is 16.7 Å². The van der Waals surface area contributed by atoms with Crippen LogP contribution in [0, 0.1) is 0 Å². The van der Waals surface area contributed by atoms with E-state index in [4.69, 9.17) is 0 Å². The molecule has 0 aliphatic carbocycles. The fourth-order valence-electron chi connectivity index (χ4n) is 1.24. The maximum Gasteiger partial charge on any atom is 0.159 e. The molecule has 3 heteroatoms. The molecular formula is C11H9NOS. The van der Waals surface area contributed by atoms with Crippen LogP contribution in [0.4, 0.5) is 0 Å². The fourth-order valence-corrected chi connectivity index (χ4v) is 1.79. The third kappa shape index (κ3) is 1.72. The van der Waals surface area contributed by atoms with E-state index >= 15 is 0 Å². The van der Waals surface area contributed by atoms with Gasteiger partial charge < -0.3 is 0 Å². The fraction of sp³-hybridized carbons (Fsp3) is 0.0909. The number of Topliss-reactive ketones (excluding diaryl/α,β-unsaturated/α-hetero) is 1. The molecule has 1 aromatic heterocycles. The van der Waals surface area contributed by atoms with Crippen LogP contribution >= 0.6 is 11.5 Å². The molecule has 0 fully saturated rings. The summed E-state index contributed by atoms with van der Waals surface area (Å²) in [7, 11) is 0. The van der Waals surface area contributed by atoms with E-state index in [1.165, 1.54) is 11.5 Å². The second-order valence-electron chi connectivity index (χ2n) is 3.05. The van der Waals surface area contributed by atoms with Crippen molar-refractivity contribution >= 4 is 17.3 Å². The summed E-state index contributed by atoms with van der Waals surface area (Å²) in [5, 5.41) is 1.99. The zero-order valence-electron chi connectivity index (χ0n) is 7.73. The average molecular weight is 203 g/mol. The first-order valence-corrected chi connectivity index (χ1v) is 5.12. The Morgan fingerprint density at radius 2 is 1.93 bits per heavy atom. The minimum atomic E-state index is 0.0972. The van der Waals surface area contributed by atoms with Crippen molar-refractivity contribution in [3.63, 3.8) is 0 Å². The number of carbonyl (C=O) groups excluding carboxylic acids is 1. The largest absolute Gasteiger partial charge is 0.295 e. The lowest BCUT2D eigenvalue weighted by Crippen LogP contribution is -1.90. The lowest BCUT2D eigenvalue weighted by Gasteiger charge is -1.98. The minimum absolute atomic E-state index is 0.0972. The Kier molecular flexibility index (Phi) is 2.41. The predicted molar refractivity (Wildman–Crippen MR) is 57.6 cm³/mol. The number of benzene rings is 1. The Labute approximate surface area is 86.4 Å². The van der Waals surface area contributed by atoms with Crippen molar-refractivity contribution in [1.29, 1.82) is 0 Å². The maximum atomic E-state index is 11.0. The van der Waals surface area contributed by atoms with Gasteiger partial charge in [-0.2, -0.15) is 0 Å². The van der Waals surface area contributed by atoms with Gasteiger partial charge in [0.1, 0.15) is 0 Å². The van der Waals surface area contributed by atoms with Crippen LogP contribution in [0.15, 0.2) is 35.8 Å². The summed E-state index contributed by atoms with van der Waals surface area (Å²) in [6.45, 7) is 1.57. The lowest BCUT2D eigenvalue weighted by molar-refractivity contribution is 0.101. The van der Waals surface area contributed by atoms with Gasteiger partial charge >= 0.3 is 0 Å². The summed E-state index contributed by atoms with van der Waals surface area (Å²) in [4.78, 5) is 11.0. The first-order valence-electron chi connectivity index (χ1n) is 4.28. The van der Waals surface area contributed by atoms with Gasteiger partial charge in [-0.25, -0.2) is 4.37 Å². The molecule has 1 heterocycles. The van der Waals surface area contributed by atoms with Crippen molar-refractivity contribution < 1.29 is 4.79 Å². The smallest absolute Gasteiger partial charge is 0.159 e. The van der Waals surface area contributed by atoms with Crippen molar-refractivity contribution in [1.82, 2.24) is 4.37 Å². The van der Waals surface area contributed by atoms with Crippen LogP contribution in [0.25, 0.3) is 11.1 Å². The molecule has 0 atom stereocenters. The molecule has 2 nitrogen and oxygen atoms in total. The van der Waals surface area contributed by atoms with E-state index in [1.807, 2.05) is 35.8 Å². The van der Waals surface area contributed by atoms with Crippen LogP contribution < -0.4 is 0 Å². The minimum Gasteiger partial charge on any atom is -0.295 e. The molecule has 0 unspecified atom stereocenters. The number of hydrogen-bond acceptors (Lipinski definition) is 3. The Morgan fingerprint density at radius 3 is 2.43 bits per heavy atom. The van der Waals surface area contributed by atoms with Crippen LogP contribution in [-0.2, 0) is 0 Å². The zero-order valence-corrected chi connectivity index (χ0v) is 8.54. The van der Waals surface area contributed by atoms with Crippen molar-refractivity contribution in [3.05, 3.63) is 41.4 Å². The Morgan fingerprint density at radius 1 is 1.21 bits per heavy atom. The van der Waals surface area contributed by atoms with Gasteiger partial charge in [-0.3, -0.25) is 4.79 Å². The third-order valence-electron chi connectivity index (χ3n) is 2.06. The van der Waals surface area contributed by atoms with Crippen LogP contribution in [0.5, 0.6) is 0 Å². The molecule has 70 valence electrons. The molecule has 0 bridgehead atoms. The molecule has 0 saturated heterocycles. The van der Waals surface area contributed by atoms with Gasteiger partial charge in [-0.1, -0.05) is 24.3 Å². The van der Waals surface area contributed by atoms with Crippen LogP contribution in [-0.4, -0.2) is 10.2 Å². The van der Waals surface area contributed by atoms with Gasteiger partial charge in [0.25, 0.3) is 0 Å². The summed E-state index contributed by atoms with van der Waals surface area (Å²) < 4.78 is 4.03. The van der Waals surface area contributed by atoms with E-state index in [1.54, 1.807) is 6.92 Å². The quantitative estimate of drug-likeness (QED) is 0.702. The summed E-state index contributed by atoms with van der Waals surface area (Å²) in [5.74, 6) is 0.0972. The number of rotatable bonds is 2. The van der Waals surface area contributed by atoms with E-state index in [0.29, 0.717) is 0 Å². The molecule has 0 saturated carbocycles. The van der Waals surface area contributed by atoms with E-state index in [2.05, 4.69) is 4.37 Å². The first-order chi connectivity index (χ1) is 6.77. The molecule has 0 N–H and O–H groups in total. The van der Waals surface area contributed by atoms with Crippen molar-refractivity contribution in [2.24, 2.45) is 0 Å². The highest BCUT2D eigenvalue weighted by atomic mass is 32.1. The SMILES string of the molecule is CC(=O)c1ccc(-c2cnsc2)cc1. The van der Waals surface area contributed by atoms with E-state index in [9.17, 15) is 4.79 Å². The average Bonchev–Trinajstić information content (AvgIpc) is 2.71. The molecule has 0 radical (unpaired) electrons. The van der Waals surface area contributed by atoms with Crippen molar-refractivity contribution in [2.75, 3.05) is 0 Å². The number of ketones is 1. The van der Waals surface area contributed by atoms with Crippen molar-refractivity contribution in [2.45, 2.75) is 6.92 Å². The number of aromatic nitrogens is 1. The molecule has 0 aliphatic rings.